The van der Waals surface area contributed by atoms with Crippen molar-refractivity contribution < 1.29 is 14.6 Å². The molecule has 0 bridgehead atoms. The van der Waals surface area contributed by atoms with Crippen LogP contribution in [0, 0.1) is 0 Å². The van der Waals surface area contributed by atoms with E-state index >= 15 is 0 Å². The zero-order valence-electron chi connectivity index (χ0n) is 8.57. The molecule has 1 heterocycles. The number of carboxylic acids is 1. The molecule has 0 aromatic heterocycles. The van der Waals surface area contributed by atoms with Crippen molar-refractivity contribution in [2.24, 2.45) is 5.73 Å². The van der Waals surface area contributed by atoms with E-state index in [9.17, 15) is 4.79 Å². The zero-order chi connectivity index (χ0) is 11.7. The Kier molecular flexibility index (Phi) is 3.28. The number of halogens is 1. The highest BCUT2D eigenvalue weighted by Gasteiger charge is 2.21. The lowest BCUT2D eigenvalue weighted by molar-refractivity contribution is -0.138. The van der Waals surface area contributed by atoms with Gasteiger partial charge in [-0.15, -0.1) is 0 Å². The van der Waals surface area contributed by atoms with E-state index in [-0.39, 0.29) is 0 Å². The van der Waals surface area contributed by atoms with Crippen LogP contribution >= 0.6 is 15.9 Å². The van der Waals surface area contributed by atoms with Crippen molar-refractivity contribution in [2.45, 2.75) is 25.7 Å². The Labute approximate surface area is 102 Å². The molecule has 0 amide bonds. The minimum atomic E-state index is -0.976. The topological polar surface area (TPSA) is 72.5 Å². The van der Waals surface area contributed by atoms with Crippen LogP contribution in [0.15, 0.2) is 16.6 Å². The number of ether oxygens (including phenoxy) is 1. The monoisotopic (exact) mass is 285 g/mol. The van der Waals surface area contributed by atoms with Gasteiger partial charge in [0.15, 0.2) is 0 Å². The Hall–Kier alpha value is -0.910. The number of carbonyl (C=O) groups is 1. The third-order valence-corrected chi connectivity index (χ3v) is 3.46. The first-order valence-corrected chi connectivity index (χ1v) is 5.74. The molecular weight excluding hydrogens is 274 g/mol. The van der Waals surface area contributed by atoms with Crippen LogP contribution in [0.1, 0.15) is 16.7 Å². The van der Waals surface area contributed by atoms with E-state index in [0.29, 0.717) is 19.6 Å². The predicted octanol–water partition coefficient (Wildman–Crippen LogP) is 1.43. The van der Waals surface area contributed by atoms with Gasteiger partial charge in [0.1, 0.15) is 6.04 Å². The third-order valence-electron chi connectivity index (χ3n) is 2.72. The lowest BCUT2D eigenvalue weighted by atomic mass is 9.98. The summed E-state index contributed by atoms with van der Waals surface area (Å²) < 4.78 is 6.37. The van der Waals surface area contributed by atoms with Gasteiger partial charge in [0.2, 0.25) is 0 Å². The number of nitrogens with two attached hydrogens (primary N) is 1. The SMILES string of the molecule is NC(Cc1ccc(Br)c2c1COC2)C(=O)O. The Morgan fingerprint density at radius 1 is 1.50 bits per heavy atom. The van der Waals surface area contributed by atoms with Crippen molar-refractivity contribution >= 4 is 21.9 Å². The van der Waals surface area contributed by atoms with Gasteiger partial charge in [0.05, 0.1) is 13.2 Å². The minimum Gasteiger partial charge on any atom is -0.480 e. The predicted molar refractivity (Wildman–Crippen MR) is 62.0 cm³/mol. The van der Waals surface area contributed by atoms with E-state index in [2.05, 4.69) is 15.9 Å². The number of aliphatic carboxylic acids is 1. The first-order chi connectivity index (χ1) is 7.59. The number of fused-ring (bicyclic) bond motifs is 1. The number of hydrogen-bond acceptors (Lipinski definition) is 3. The van der Waals surface area contributed by atoms with Gasteiger partial charge in [-0.25, -0.2) is 0 Å². The molecule has 0 saturated heterocycles. The molecule has 86 valence electrons. The van der Waals surface area contributed by atoms with E-state index in [1.165, 1.54) is 0 Å². The highest BCUT2D eigenvalue weighted by atomic mass is 79.9. The molecule has 5 heteroatoms. The summed E-state index contributed by atoms with van der Waals surface area (Å²) in [6.45, 7) is 1.11. The maximum absolute atomic E-state index is 10.7. The summed E-state index contributed by atoms with van der Waals surface area (Å²) in [5, 5.41) is 8.78. The Bertz CT molecular complexity index is 433. The summed E-state index contributed by atoms with van der Waals surface area (Å²) in [5.41, 5.74) is 8.67. The Morgan fingerprint density at radius 2 is 2.19 bits per heavy atom. The molecule has 0 fully saturated rings. The minimum absolute atomic E-state index is 0.342. The average molecular weight is 286 g/mol. The average Bonchev–Trinajstić information content (AvgIpc) is 2.71. The molecule has 2 rings (SSSR count). The van der Waals surface area contributed by atoms with Gasteiger partial charge in [-0.1, -0.05) is 22.0 Å². The van der Waals surface area contributed by atoms with Crippen molar-refractivity contribution in [1.82, 2.24) is 0 Å². The van der Waals surface area contributed by atoms with Crippen LogP contribution in [-0.4, -0.2) is 17.1 Å². The van der Waals surface area contributed by atoms with Crippen LogP contribution in [0.25, 0.3) is 0 Å². The van der Waals surface area contributed by atoms with Crippen LogP contribution in [0.4, 0.5) is 0 Å². The van der Waals surface area contributed by atoms with E-state index in [1.807, 2.05) is 12.1 Å². The van der Waals surface area contributed by atoms with E-state index in [1.54, 1.807) is 0 Å². The summed E-state index contributed by atoms with van der Waals surface area (Å²) in [6, 6.07) is 2.96. The fourth-order valence-electron chi connectivity index (χ4n) is 1.82. The molecule has 1 unspecified atom stereocenters. The smallest absolute Gasteiger partial charge is 0.320 e. The summed E-state index contributed by atoms with van der Waals surface area (Å²) in [4.78, 5) is 10.7. The van der Waals surface area contributed by atoms with Crippen molar-refractivity contribution in [1.29, 1.82) is 0 Å². The van der Waals surface area contributed by atoms with E-state index in [0.717, 1.165) is 21.2 Å². The van der Waals surface area contributed by atoms with E-state index < -0.39 is 12.0 Å². The van der Waals surface area contributed by atoms with Gasteiger partial charge in [-0.2, -0.15) is 0 Å². The highest BCUT2D eigenvalue weighted by molar-refractivity contribution is 9.10. The van der Waals surface area contributed by atoms with Crippen LogP contribution < -0.4 is 5.73 Å². The molecule has 1 aliphatic rings. The van der Waals surface area contributed by atoms with Gasteiger partial charge in [0.25, 0.3) is 0 Å². The molecule has 1 aliphatic heterocycles. The molecule has 3 N–H and O–H groups in total. The van der Waals surface area contributed by atoms with Gasteiger partial charge in [-0.3, -0.25) is 4.79 Å². The maximum atomic E-state index is 10.7. The van der Waals surface area contributed by atoms with Crippen LogP contribution in [-0.2, 0) is 29.2 Å². The normalized spacial score (nSPS) is 15.9. The third kappa shape index (κ3) is 2.11. The van der Waals surface area contributed by atoms with E-state index in [4.69, 9.17) is 15.6 Å². The molecule has 0 radical (unpaired) electrons. The maximum Gasteiger partial charge on any atom is 0.320 e. The van der Waals surface area contributed by atoms with Crippen molar-refractivity contribution in [3.63, 3.8) is 0 Å². The number of rotatable bonds is 3. The number of carboxylic acid groups (broad SMARTS) is 1. The summed E-state index contributed by atoms with van der Waals surface area (Å²) in [5.74, 6) is -0.976. The molecule has 4 nitrogen and oxygen atoms in total. The first-order valence-electron chi connectivity index (χ1n) is 4.95. The standard InChI is InChI=1S/C11H12BrNO3/c12-9-2-1-6(3-10(13)11(14)15)7-4-16-5-8(7)9/h1-2,10H,3-5,13H2,(H,14,15). The first kappa shape index (κ1) is 11.6. The summed E-state index contributed by atoms with van der Waals surface area (Å²) in [6.07, 6.45) is 0.342. The van der Waals surface area contributed by atoms with Gasteiger partial charge in [0, 0.05) is 4.47 Å². The van der Waals surface area contributed by atoms with Gasteiger partial charge < -0.3 is 15.6 Å². The van der Waals surface area contributed by atoms with Crippen molar-refractivity contribution in [3.8, 4) is 0 Å². The van der Waals surface area contributed by atoms with Crippen LogP contribution in [0.5, 0.6) is 0 Å². The molecule has 16 heavy (non-hydrogen) atoms. The van der Waals surface area contributed by atoms with Crippen molar-refractivity contribution in [3.05, 3.63) is 33.3 Å². The fourth-order valence-corrected chi connectivity index (χ4v) is 2.31. The molecule has 1 aromatic carbocycles. The summed E-state index contributed by atoms with van der Waals surface area (Å²) >= 11 is 3.45. The molecular formula is C11H12BrNO3. The second-order valence-electron chi connectivity index (χ2n) is 3.81. The fraction of sp³-hybridized carbons (Fsp3) is 0.364. The molecule has 1 atom stereocenters. The van der Waals surface area contributed by atoms with Crippen molar-refractivity contribution in [2.75, 3.05) is 0 Å². The van der Waals surface area contributed by atoms with Gasteiger partial charge in [-0.05, 0) is 29.2 Å². The highest BCUT2D eigenvalue weighted by Crippen LogP contribution is 2.30. The number of benzene rings is 1. The molecule has 0 saturated carbocycles. The number of hydrogen-bond donors (Lipinski definition) is 2. The second kappa shape index (κ2) is 4.53. The quantitative estimate of drug-likeness (QED) is 0.881. The second-order valence-corrected chi connectivity index (χ2v) is 4.66. The Morgan fingerprint density at radius 3 is 2.88 bits per heavy atom. The lowest BCUT2D eigenvalue weighted by Gasteiger charge is -2.11. The molecule has 0 spiro atoms. The lowest BCUT2D eigenvalue weighted by Crippen LogP contribution is -2.32. The molecule has 1 aromatic rings. The van der Waals surface area contributed by atoms with Gasteiger partial charge >= 0.3 is 5.97 Å². The summed E-state index contributed by atoms with van der Waals surface area (Å²) in [7, 11) is 0. The largest absolute Gasteiger partial charge is 0.480 e. The Balaban J connectivity index is 2.29. The molecule has 0 aliphatic carbocycles. The van der Waals surface area contributed by atoms with Crippen LogP contribution in [0.3, 0.4) is 0 Å². The van der Waals surface area contributed by atoms with Crippen LogP contribution in [0.2, 0.25) is 0 Å². The zero-order valence-corrected chi connectivity index (χ0v) is 10.2.